The van der Waals surface area contributed by atoms with Gasteiger partial charge in [-0.3, -0.25) is 4.79 Å². The van der Waals surface area contributed by atoms with Gasteiger partial charge < -0.3 is 10.1 Å². The van der Waals surface area contributed by atoms with E-state index in [1.54, 1.807) is 0 Å². The summed E-state index contributed by atoms with van der Waals surface area (Å²) in [6.07, 6.45) is 0.0715. The van der Waals surface area contributed by atoms with E-state index in [0.717, 1.165) is 22.1 Å². The van der Waals surface area contributed by atoms with E-state index in [0.29, 0.717) is 6.42 Å². The lowest BCUT2D eigenvalue weighted by atomic mass is 9.86. The van der Waals surface area contributed by atoms with Crippen molar-refractivity contribution in [3.8, 4) is 5.75 Å². The zero-order valence-corrected chi connectivity index (χ0v) is 18.0. The number of nitrogens with one attached hydrogen (secondary N) is 1. The second kappa shape index (κ2) is 8.69. The third-order valence-electron chi connectivity index (χ3n) is 5.32. The normalized spacial score (nSPS) is 13.7. The van der Waals surface area contributed by atoms with Gasteiger partial charge in [-0.25, -0.2) is 0 Å². The highest BCUT2D eigenvalue weighted by Crippen LogP contribution is 2.27. The topological polar surface area (TPSA) is 38.3 Å². The van der Waals surface area contributed by atoms with Crippen LogP contribution in [0.1, 0.15) is 58.2 Å². The third-order valence-corrected chi connectivity index (χ3v) is 5.32. The first-order valence-corrected chi connectivity index (χ1v) is 10.3. The molecule has 3 aromatic rings. The summed E-state index contributed by atoms with van der Waals surface area (Å²) < 4.78 is 6.13. The first-order valence-electron chi connectivity index (χ1n) is 10.3. The van der Waals surface area contributed by atoms with Crippen molar-refractivity contribution in [1.82, 2.24) is 5.32 Å². The Balaban J connectivity index is 1.71. The summed E-state index contributed by atoms with van der Waals surface area (Å²) in [6.45, 7) is 10.6. The molecule has 1 N–H and O–H groups in total. The van der Waals surface area contributed by atoms with Gasteiger partial charge in [-0.05, 0) is 41.3 Å². The summed E-state index contributed by atoms with van der Waals surface area (Å²) >= 11 is 0. The molecule has 0 spiro atoms. The van der Waals surface area contributed by atoms with Crippen LogP contribution in [0.4, 0.5) is 0 Å². The maximum absolute atomic E-state index is 12.9. The molecule has 0 aliphatic rings. The minimum Gasteiger partial charge on any atom is -0.480 e. The van der Waals surface area contributed by atoms with Crippen molar-refractivity contribution in [3.63, 3.8) is 0 Å². The molecule has 3 rings (SSSR count). The fourth-order valence-electron chi connectivity index (χ4n) is 3.44. The Labute approximate surface area is 174 Å². The smallest absolute Gasteiger partial charge is 0.261 e. The van der Waals surface area contributed by atoms with Crippen LogP contribution in [0.3, 0.4) is 0 Å². The van der Waals surface area contributed by atoms with E-state index in [9.17, 15) is 4.79 Å². The summed E-state index contributed by atoms with van der Waals surface area (Å²) in [4.78, 5) is 12.9. The predicted molar refractivity (Wildman–Crippen MR) is 120 cm³/mol. The molecule has 3 aromatic carbocycles. The molecule has 0 aliphatic heterocycles. The lowest BCUT2D eigenvalue weighted by Gasteiger charge is -2.23. The van der Waals surface area contributed by atoms with Gasteiger partial charge in [0.15, 0.2) is 6.10 Å². The molecule has 29 heavy (non-hydrogen) atoms. The molecule has 0 heterocycles. The molecule has 0 aromatic heterocycles. The van der Waals surface area contributed by atoms with Crippen molar-refractivity contribution in [3.05, 3.63) is 77.9 Å². The van der Waals surface area contributed by atoms with E-state index in [1.807, 2.05) is 56.3 Å². The summed E-state index contributed by atoms with van der Waals surface area (Å²) in [6, 6.07) is 22.4. The Morgan fingerprint density at radius 3 is 2.28 bits per heavy atom. The number of carbonyl (C=O) groups excluding carboxylic acids is 1. The molecular formula is C26H31NO2. The van der Waals surface area contributed by atoms with Crippen LogP contribution in [0.2, 0.25) is 0 Å². The summed E-state index contributed by atoms with van der Waals surface area (Å²) in [5, 5.41) is 5.23. The van der Waals surface area contributed by atoms with E-state index >= 15 is 0 Å². The molecule has 0 saturated heterocycles. The monoisotopic (exact) mass is 389 g/mol. The van der Waals surface area contributed by atoms with E-state index < -0.39 is 6.10 Å². The minimum absolute atomic E-state index is 0.0818. The van der Waals surface area contributed by atoms with Crippen molar-refractivity contribution in [2.75, 3.05) is 0 Å². The van der Waals surface area contributed by atoms with Crippen LogP contribution in [-0.2, 0) is 10.2 Å². The van der Waals surface area contributed by atoms with Crippen molar-refractivity contribution in [2.45, 2.75) is 58.6 Å². The number of amides is 1. The van der Waals surface area contributed by atoms with Crippen molar-refractivity contribution in [1.29, 1.82) is 0 Å². The van der Waals surface area contributed by atoms with Crippen LogP contribution in [0, 0.1) is 0 Å². The molecule has 0 aliphatic carbocycles. The molecule has 1 amide bonds. The number of benzene rings is 3. The molecular weight excluding hydrogens is 358 g/mol. The average Bonchev–Trinajstić information content (AvgIpc) is 2.71. The SMILES string of the molecule is CC[C@@H](Oc1cccc2ccccc12)C(=O)N[C@@H](C)c1ccc(C(C)(C)C)cc1. The van der Waals surface area contributed by atoms with Gasteiger partial charge in [-0.2, -0.15) is 0 Å². The van der Waals surface area contributed by atoms with E-state index in [2.05, 4.69) is 50.4 Å². The Kier molecular flexibility index (Phi) is 6.26. The lowest BCUT2D eigenvalue weighted by Crippen LogP contribution is -2.39. The maximum Gasteiger partial charge on any atom is 0.261 e. The molecule has 152 valence electrons. The van der Waals surface area contributed by atoms with Gasteiger partial charge >= 0.3 is 0 Å². The maximum atomic E-state index is 12.9. The quantitative estimate of drug-likeness (QED) is 0.547. The Morgan fingerprint density at radius 2 is 1.62 bits per heavy atom. The molecule has 0 bridgehead atoms. The number of carbonyl (C=O) groups is 1. The number of ether oxygens (including phenoxy) is 1. The third kappa shape index (κ3) is 4.97. The molecule has 0 radical (unpaired) electrons. The van der Waals surface area contributed by atoms with Gasteiger partial charge in [0.2, 0.25) is 0 Å². The highest BCUT2D eigenvalue weighted by molar-refractivity contribution is 5.89. The second-order valence-corrected chi connectivity index (χ2v) is 8.59. The number of hydrogen-bond donors (Lipinski definition) is 1. The van der Waals surface area contributed by atoms with Gasteiger partial charge in [-0.15, -0.1) is 0 Å². The lowest BCUT2D eigenvalue weighted by molar-refractivity contribution is -0.128. The minimum atomic E-state index is -0.530. The van der Waals surface area contributed by atoms with Gasteiger partial charge in [-0.1, -0.05) is 88.4 Å². The zero-order valence-electron chi connectivity index (χ0n) is 18.0. The Hall–Kier alpha value is -2.81. The van der Waals surface area contributed by atoms with E-state index in [-0.39, 0.29) is 17.4 Å². The number of hydrogen-bond acceptors (Lipinski definition) is 2. The first kappa shape index (κ1) is 20.9. The first-order chi connectivity index (χ1) is 13.8. The van der Waals surface area contributed by atoms with E-state index in [4.69, 9.17) is 4.74 Å². The van der Waals surface area contributed by atoms with Crippen molar-refractivity contribution < 1.29 is 9.53 Å². The number of rotatable bonds is 6. The van der Waals surface area contributed by atoms with Crippen LogP contribution in [0.25, 0.3) is 10.8 Å². The highest BCUT2D eigenvalue weighted by atomic mass is 16.5. The van der Waals surface area contributed by atoms with Crippen LogP contribution < -0.4 is 10.1 Å². The van der Waals surface area contributed by atoms with Gasteiger partial charge in [0.1, 0.15) is 5.75 Å². The Morgan fingerprint density at radius 1 is 0.966 bits per heavy atom. The molecule has 3 heteroatoms. The predicted octanol–water partition coefficient (Wildman–Crippen LogP) is 6.17. The van der Waals surface area contributed by atoms with Crippen LogP contribution in [0.5, 0.6) is 5.75 Å². The zero-order chi connectivity index (χ0) is 21.0. The number of fused-ring (bicyclic) bond motifs is 1. The summed E-state index contributed by atoms with van der Waals surface area (Å²) in [5.41, 5.74) is 2.49. The average molecular weight is 390 g/mol. The molecule has 0 fully saturated rings. The van der Waals surface area contributed by atoms with Crippen LogP contribution in [-0.4, -0.2) is 12.0 Å². The van der Waals surface area contributed by atoms with Crippen LogP contribution in [0.15, 0.2) is 66.7 Å². The largest absolute Gasteiger partial charge is 0.480 e. The van der Waals surface area contributed by atoms with Gasteiger partial charge in [0.25, 0.3) is 5.91 Å². The molecule has 3 nitrogen and oxygen atoms in total. The van der Waals surface area contributed by atoms with Gasteiger partial charge in [0.05, 0.1) is 6.04 Å². The summed E-state index contributed by atoms with van der Waals surface area (Å²) in [5.74, 6) is 0.653. The summed E-state index contributed by atoms with van der Waals surface area (Å²) in [7, 11) is 0. The molecule has 2 atom stereocenters. The Bertz CT molecular complexity index is 965. The second-order valence-electron chi connectivity index (χ2n) is 8.59. The highest BCUT2D eigenvalue weighted by Gasteiger charge is 2.22. The standard InChI is InChI=1S/C26H31NO2/c1-6-23(29-24-13-9-11-20-10-7-8-12-22(20)24)25(28)27-18(2)19-14-16-21(17-15-19)26(3,4)5/h7-18,23H,6H2,1-5H3,(H,27,28)/t18-,23+/m0/s1. The molecule has 0 unspecified atom stereocenters. The molecule has 0 saturated carbocycles. The van der Waals surface area contributed by atoms with Gasteiger partial charge in [0, 0.05) is 5.39 Å². The fraction of sp³-hybridized carbons (Fsp3) is 0.346. The van der Waals surface area contributed by atoms with Crippen molar-refractivity contribution >= 4 is 16.7 Å². The van der Waals surface area contributed by atoms with Crippen molar-refractivity contribution in [2.24, 2.45) is 0 Å². The fourth-order valence-corrected chi connectivity index (χ4v) is 3.44. The van der Waals surface area contributed by atoms with Crippen LogP contribution >= 0.6 is 0 Å². The van der Waals surface area contributed by atoms with E-state index in [1.165, 1.54) is 5.56 Å².